The van der Waals surface area contributed by atoms with Crippen LogP contribution < -0.4 is 15.4 Å². The fraction of sp³-hybridized carbons (Fsp3) is 0.286. The molecule has 2 amide bonds. The molecule has 0 aliphatic rings. The van der Waals surface area contributed by atoms with Crippen LogP contribution in [0.15, 0.2) is 48.5 Å². The third kappa shape index (κ3) is 6.93. The maximum absolute atomic E-state index is 12.3. The molecule has 0 aliphatic heterocycles. The molecule has 0 aliphatic carbocycles. The summed E-state index contributed by atoms with van der Waals surface area (Å²) in [6.45, 7) is 3.81. The average Bonchev–Trinajstić information content (AvgIpc) is 2.65. The Balaban J connectivity index is 1.91. The van der Waals surface area contributed by atoms with Crippen molar-refractivity contribution in [1.82, 2.24) is 5.32 Å². The average molecular weight is 368 g/mol. The van der Waals surface area contributed by atoms with Crippen LogP contribution in [-0.4, -0.2) is 17.8 Å². The van der Waals surface area contributed by atoms with Crippen molar-refractivity contribution >= 4 is 23.5 Å². The number of benzene rings is 2. The normalized spacial score (nSPS) is 10.1. The van der Waals surface area contributed by atoms with Crippen LogP contribution in [0.3, 0.4) is 0 Å². The molecule has 0 atom stereocenters. The van der Waals surface area contributed by atoms with Gasteiger partial charge in [0.25, 0.3) is 5.91 Å². The fourth-order valence-electron chi connectivity index (χ4n) is 2.40. The van der Waals surface area contributed by atoms with Crippen LogP contribution in [0.4, 0.5) is 5.69 Å². The zero-order valence-electron chi connectivity index (χ0n) is 15.6. The summed E-state index contributed by atoms with van der Waals surface area (Å²) in [7, 11) is 0. The van der Waals surface area contributed by atoms with Crippen molar-refractivity contribution in [1.29, 1.82) is 0 Å². The fourth-order valence-corrected chi connectivity index (χ4v) is 2.40. The number of amides is 2. The van der Waals surface area contributed by atoms with Gasteiger partial charge in [-0.2, -0.15) is 0 Å². The lowest BCUT2D eigenvalue weighted by Crippen LogP contribution is -2.22. The van der Waals surface area contributed by atoms with E-state index >= 15 is 0 Å². The predicted molar refractivity (Wildman–Crippen MR) is 104 cm³/mol. The summed E-state index contributed by atoms with van der Waals surface area (Å²) >= 11 is 0. The lowest BCUT2D eigenvalue weighted by molar-refractivity contribution is -0.131. The van der Waals surface area contributed by atoms with Gasteiger partial charge in [0.05, 0.1) is 0 Å². The van der Waals surface area contributed by atoms with Crippen LogP contribution in [0.2, 0.25) is 0 Å². The minimum absolute atomic E-state index is 0.0434. The number of hydrogen-bond donors (Lipinski definition) is 2. The summed E-state index contributed by atoms with van der Waals surface area (Å²) < 4.78 is 4.99. The minimum Gasteiger partial charge on any atom is -0.427 e. The van der Waals surface area contributed by atoms with Gasteiger partial charge in [-0.1, -0.05) is 31.5 Å². The van der Waals surface area contributed by atoms with Gasteiger partial charge in [0.1, 0.15) is 5.75 Å². The number of carbonyl (C=O) groups excluding carboxylic acids is 3. The molecular weight excluding hydrogens is 344 g/mol. The molecule has 0 aromatic heterocycles. The van der Waals surface area contributed by atoms with E-state index in [1.54, 1.807) is 30.3 Å². The Kier molecular flexibility index (Phi) is 7.55. The molecule has 6 nitrogen and oxygen atoms in total. The Hall–Kier alpha value is -3.15. The highest BCUT2D eigenvalue weighted by molar-refractivity contribution is 6.04. The van der Waals surface area contributed by atoms with E-state index in [9.17, 15) is 14.4 Å². The van der Waals surface area contributed by atoms with Crippen LogP contribution in [0.1, 0.15) is 49.0 Å². The number of rotatable bonds is 8. The van der Waals surface area contributed by atoms with Crippen molar-refractivity contribution in [2.45, 2.75) is 39.7 Å². The predicted octanol–water partition coefficient (Wildman–Crippen LogP) is 3.67. The van der Waals surface area contributed by atoms with Gasteiger partial charge in [0.15, 0.2) is 0 Å². The highest BCUT2D eigenvalue weighted by atomic mass is 16.5. The topological polar surface area (TPSA) is 84.5 Å². The molecule has 0 radical (unpaired) electrons. The monoisotopic (exact) mass is 368 g/mol. The largest absolute Gasteiger partial charge is 0.427 e. The Morgan fingerprint density at radius 1 is 1.04 bits per heavy atom. The second-order valence-electron chi connectivity index (χ2n) is 6.15. The van der Waals surface area contributed by atoms with Gasteiger partial charge in [-0.05, 0) is 42.3 Å². The summed E-state index contributed by atoms with van der Waals surface area (Å²) in [4.78, 5) is 35.0. The van der Waals surface area contributed by atoms with Crippen molar-refractivity contribution in [3.05, 3.63) is 59.7 Å². The number of ether oxygens (including phenoxy) is 1. The summed E-state index contributed by atoms with van der Waals surface area (Å²) in [5.74, 6) is -0.374. The summed E-state index contributed by atoms with van der Waals surface area (Å²) in [6, 6.07) is 13.7. The Labute approximate surface area is 158 Å². The molecule has 6 heteroatoms. The molecule has 2 rings (SSSR count). The van der Waals surface area contributed by atoms with E-state index < -0.39 is 5.97 Å². The maximum Gasteiger partial charge on any atom is 0.308 e. The van der Waals surface area contributed by atoms with Gasteiger partial charge in [-0.3, -0.25) is 14.4 Å². The van der Waals surface area contributed by atoms with Crippen molar-refractivity contribution < 1.29 is 19.1 Å². The molecule has 0 unspecified atom stereocenters. The van der Waals surface area contributed by atoms with Crippen LogP contribution >= 0.6 is 0 Å². The van der Waals surface area contributed by atoms with Crippen molar-refractivity contribution in [2.75, 3.05) is 5.32 Å². The van der Waals surface area contributed by atoms with Gasteiger partial charge >= 0.3 is 5.97 Å². The number of carbonyl (C=O) groups is 3. The Morgan fingerprint density at radius 3 is 2.44 bits per heavy atom. The van der Waals surface area contributed by atoms with E-state index in [2.05, 4.69) is 10.6 Å². The van der Waals surface area contributed by atoms with Crippen molar-refractivity contribution in [3.63, 3.8) is 0 Å². The zero-order valence-corrected chi connectivity index (χ0v) is 15.6. The number of unbranched alkanes of at least 4 members (excludes halogenated alkanes) is 1. The van der Waals surface area contributed by atoms with E-state index in [1.807, 2.05) is 19.1 Å². The number of nitrogens with one attached hydrogen (secondary N) is 2. The lowest BCUT2D eigenvalue weighted by Gasteiger charge is -2.09. The van der Waals surface area contributed by atoms with Crippen LogP contribution in [0.25, 0.3) is 0 Å². The van der Waals surface area contributed by atoms with Gasteiger partial charge in [-0.15, -0.1) is 0 Å². The molecule has 142 valence electrons. The van der Waals surface area contributed by atoms with E-state index in [0.29, 0.717) is 30.0 Å². The van der Waals surface area contributed by atoms with Crippen molar-refractivity contribution in [2.24, 2.45) is 0 Å². The van der Waals surface area contributed by atoms with E-state index in [1.165, 1.54) is 13.0 Å². The molecule has 27 heavy (non-hydrogen) atoms. The first kappa shape index (κ1) is 20.2. The number of anilines is 1. The highest BCUT2D eigenvalue weighted by Gasteiger charge is 2.08. The van der Waals surface area contributed by atoms with Crippen LogP contribution in [0, 0.1) is 0 Å². The number of hydrogen-bond acceptors (Lipinski definition) is 4. The molecule has 0 saturated carbocycles. The molecule has 2 aromatic carbocycles. The van der Waals surface area contributed by atoms with Gasteiger partial charge < -0.3 is 15.4 Å². The molecule has 0 saturated heterocycles. The molecule has 0 spiro atoms. The Morgan fingerprint density at radius 2 is 1.78 bits per heavy atom. The first-order valence-electron chi connectivity index (χ1n) is 8.93. The SMILES string of the molecule is CCCCC(=O)NCc1ccc(NC(=O)c2cccc(OC(C)=O)c2)cc1. The van der Waals surface area contributed by atoms with E-state index in [0.717, 1.165) is 18.4 Å². The molecule has 2 N–H and O–H groups in total. The van der Waals surface area contributed by atoms with E-state index in [-0.39, 0.29) is 11.8 Å². The minimum atomic E-state index is -0.440. The third-order valence-electron chi connectivity index (χ3n) is 3.82. The zero-order chi connectivity index (χ0) is 19.6. The van der Waals surface area contributed by atoms with Crippen LogP contribution in [0.5, 0.6) is 5.75 Å². The quantitative estimate of drug-likeness (QED) is 0.550. The van der Waals surface area contributed by atoms with Gasteiger partial charge in [-0.25, -0.2) is 0 Å². The molecule has 2 aromatic rings. The third-order valence-corrected chi connectivity index (χ3v) is 3.82. The maximum atomic E-state index is 12.3. The van der Waals surface area contributed by atoms with Crippen LogP contribution in [-0.2, 0) is 16.1 Å². The van der Waals surface area contributed by atoms with Crippen molar-refractivity contribution in [3.8, 4) is 5.75 Å². The smallest absolute Gasteiger partial charge is 0.308 e. The molecular formula is C21H24N2O4. The first-order chi connectivity index (χ1) is 13.0. The van der Waals surface area contributed by atoms with Gasteiger partial charge in [0.2, 0.25) is 5.91 Å². The summed E-state index contributed by atoms with van der Waals surface area (Å²) in [5, 5.41) is 5.67. The Bertz CT molecular complexity index is 800. The molecule has 0 heterocycles. The molecule has 0 bridgehead atoms. The highest BCUT2D eigenvalue weighted by Crippen LogP contribution is 2.16. The summed E-state index contributed by atoms with van der Waals surface area (Å²) in [5.41, 5.74) is 1.98. The molecule has 0 fully saturated rings. The first-order valence-corrected chi connectivity index (χ1v) is 8.93. The summed E-state index contributed by atoms with van der Waals surface area (Å²) in [6.07, 6.45) is 2.41. The standard InChI is InChI=1S/C21H24N2O4/c1-3-4-8-20(25)22-14-16-9-11-18(12-10-16)23-21(26)17-6-5-7-19(13-17)27-15(2)24/h5-7,9-13H,3-4,8,14H2,1-2H3,(H,22,25)(H,23,26). The second-order valence-corrected chi connectivity index (χ2v) is 6.15. The second kappa shape index (κ2) is 10.1. The number of esters is 1. The van der Waals surface area contributed by atoms with E-state index in [4.69, 9.17) is 4.74 Å². The van der Waals surface area contributed by atoms with Gasteiger partial charge in [0, 0.05) is 31.1 Å². The lowest BCUT2D eigenvalue weighted by atomic mass is 10.1.